The van der Waals surface area contributed by atoms with Crippen molar-refractivity contribution in [3.63, 3.8) is 0 Å². The summed E-state index contributed by atoms with van der Waals surface area (Å²) in [7, 11) is 0. The molecule has 0 aromatic carbocycles. The lowest BCUT2D eigenvalue weighted by Gasteiger charge is -2.03. The third kappa shape index (κ3) is 1.91. The maximum absolute atomic E-state index is 5.51. The van der Waals surface area contributed by atoms with E-state index in [2.05, 4.69) is 20.9 Å². The Morgan fingerprint density at radius 1 is 1.73 bits per heavy atom. The highest BCUT2D eigenvalue weighted by molar-refractivity contribution is 9.11. The van der Waals surface area contributed by atoms with Crippen LogP contribution in [0.5, 0.6) is 0 Å². The highest BCUT2D eigenvalue weighted by Gasteiger charge is 2.12. The number of rotatable bonds is 2. The fraction of sp³-hybridized carbons (Fsp3) is 0.500. The molecule has 0 radical (unpaired) electrons. The Morgan fingerprint density at radius 3 is 2.73 bits per heavy atom. The average molecular weight is 236 g/mol. The standard InChI is InChI=1S/C6H10BrN3S/c1-3(2-8)4-5(7)11-6(9)10-4/h3H,2,8H2,1H3,(H2,9,10). The molecule has 4 N–H and O–H groups in total. The number of nitrogens with two attached hydrogens (primary N) is 2. The Labute approximate surface area is 77.9 Å². The van der Waals surface area contributed by atoms with Gasteiger partial charge in [-0.2, -0.15) is 0 Å². The van der Waals surface area contributed by atoms with Crippen molar-refractivity contribution in [1.82, 2.24) is 4.98 Å². The van der Waals surface area contributed by atoms with Crippen LogP contribution in [0.4, 0.5) is 5.13 Å². The van der Waals surface area contributed by atoms with Crippen LogP contribution in [0, 0.1) is 0 Å². The van der Waals surface area contributed by atoms with Crippen molar-refractivity contribution in [3.05, 3.63) is 9.48 Å². The summed E-state index contributed by atoms with van der Waals surface area (Å²) in [6.07, 6.45) is 0. The minimum atomic E-state index is 0.276. The first-order valence-corrected chi connectivity index (χ1v) is 4.88. The largest absolute Gasteiger partial charge is 0.375 e. The third-order valence-corrected chi connectivity index (χ3v) is 3.03. The lowest BCUT2D eigenvalue weighted by Crippen LogP contribution is -2.09. The lowest BCUT2D eigenvalue weighted by molar-refractivity contribution is 0.749. The van der Waals surface area contributed by atoms with Crippen molar-refractivity contribution in [2.45, 2.75) is 12.8 Å². The maximum atomic E-state index is 5.51. The second-order valence-corrected chi connectivity index (χ2v) is 4.70. The summed E-state index contributed by atoms with van der Waals surface area (Å²) in [6.45, 7) is 2.63. The molecule has 0 aliphatic heterocycles. The zero-order valence-electron chi connectivity index (χ0n) is 6.17. The number of nitrogen functional groups attached to an aromatic ring is 1. The molecule has 0 saturated carbocycles. The molecule has 0 amide bonds. The molecule has 0 fully saturated rings. The molecule has 1 atom stereocenters. The molecule has 1 aromatic heterocycles. The topological polar surface area (TPSA) is 64.9 Å². The first kappa shape index (κ1) is 8.96. The molecular weight excluding hydrogens is 226 g/mol. The Bertz CT molecular complexity index is 248. The number of halogens is 1. The van der Waals surface area contributed by atoms with Gasteiger partial charge in [-0.15, -0.1) is 0 Å². The Hall–Kier alpha value is -0.130. The Balaban J connectivity index is 2.93. The van der Waals surface area contributed by atoms with E-state index in [1.54, 1.807) is 0 Å². The van der Waals surface area contributed by atoms with Crippen LogP contribution >= 0.6 is 27.3 Å². The predicted molar refractivity (Wildman–Crippen MR) is 51.7 cm³/mol. The van der Waals surface area contributed by atoms with Gasteiger partial charge in [0.2, 0.25) is 0 Å². The molecular formula is C6H10BrN3S. The van der Waals surface area contributed by atoms with Crippen molar-refractivity contribution < 1.29 is 0 Å². The smallest absolute Gasteiger partial charge is 0.181 e. The van der Waals surface area contributed by atoms with Gasteiger partial charge in [-0.1, -0.05) is 18.3 Å². The molecule has 0 saturated heterocycles. The van der Waals surface area contributed by atoms with E-state index >= 15 is 0 Å². The van der Waals surface area contributed by atoms with Crippen molar-refractivity contribution in [1.29, 1.82) is 0 Å². The molecule has 62 valence electrons. The van der Waals surface area contributed by atoms with E-state index in [0.29, 0.717) is 11.7 Å². The second-order valence-electron chi connectivity index (χ2n) is 2.35. The SMILES string of the molecule is CC(CN)c1nc(N)sc1Br. The molecule has 0 bridgehead atoms. The van der Waals surface area contributed by atoms with Gasteiger partial charge in [-0.3, -0.25) is 0 Å². The van der Waals surface area contributed by atoms with Gasteiger partial charge in [0, 0.05) is 12.5 Å². The van der Waals surface area contributed by atoms with Crippen molar-refractivity contribution in [2.75, 3.05) is 12.3 Å². The number of hydrogen-bond donors (Lipinski definition) is 2. The van der Waals surface area contributed by atoms with Crippen LogP contribution in [-0.4, -0.2) is 11.5 Å². The van der Waals surface area contributed by atoms with Crippen molar-refractivity contribution in [3.8, 4) is 0 Å². The van der Waals surface area contributed by atoms with Crippen LogP contribution in [-0.2, 0) is 0 Å². The average Bonchev–Trinajstić information content (AvgIpc) is 2.28. The van der Waals surface area contributed by atoms with Gasteiger partial charge in [0.15, 0.2) is 5.13 Å². The molecule has 1 unspecified atom stereocenters. The second kappa shape index (κ2) is 3.51. The van der Waals surface area contributed by atoms with Crippen LogP contribution in [0.15, 0.2) is 3.79 Å². The summed E-state index contributed by atoms with van der Waals surface area (Å²) in [6, 6.07) is 0. The van der Waals surface area contributed by atoms with Crippen molar-refractivity contribution in [2.24, 2.45) is 5.73 Å². The minimum absolute atomic E-state index is 0.276. The maximum Gasteiger partial charge on any atom is 0.181 e. The highest BCUT2D eigenvalue weighted by atomic mass is 79.9. The number of nitrogens with zero attached hydrogens (tertiary/aromatic N) is 1. The number of hydrogen-bond acceptors (Lipinski definition) is 4. The first-order valence-electron chi connectivity index (χ1n) is 3.27. The fourth-order valence-electron chi connectivity index (χ4n) is 0.745. The van der Waals surface area contributed by atoms with Crippen LogP contribution in [0.2, 0.25) is 0 Å². The van der Waals surface area contributed by atoms with Gasteiger partial charge < -0.3 is 11.5 Å². The summed E-state index contributed by atoms with van der Waals surface area (Å²) in [5, 5.41) is 0.590. The van der Waals surface area contributed by atoms with Gasteiger partial charge in [-0.25, -0.2) is 4.98 Å². The van der Waals surface area contributed by atoms with E-state index in [-0.39, 0.29) is 5.92 Å². The zero-order chi connectivity index (χ0) is 8.43. The molecule has 1 heterocycles. The quantitative estimate of drug-likeness (QED) is 0.818. The van der Waals surface area contributed by atoms with Gasteiger partial charge >= 0.3 is 0 Å². The van der Waals surface area contributed by atoms with Crippen LogP contribution in [0.25, 0.3) is 0 Å². The fourth-order valence-corrected chi connectivity index (χ4v) is 2.40. The van der Waals surface area contributed by atoms with E-state index in [9.17, 15) is 0 Å². The summed E-state index contributed by atoms with van der Waals surface area (Å²) in [4.78, 5) is 4.15. The molecule has 0 aliphatic carbocycles. The van der Waals surface area contributed by atoms with Crippen molar-refractivity contribution >= 4 is 32.4 Å². The zero-order valence-corrected chi connectivity index (χ0v) is 8.58. The number of anilines is 1. The van der Waals surface area contributed by atoms with Gasteiger partial charge in [0.05, 0.1) is 9.48 Å². The van der Waals surface area contributed by atoms with E-state index in [1.165, 1.54) is 11.3 Å². The summed E-state index contributed by atoms with van der Waals surface area (Å²) in [5.74, 6) is 0.276. The summed E-state index contributed by atoms with van der Waals surface area (Å²) in [5.41, 5.74) is 12.0. The number of aromatic nitrogens is 1. The van der Waals surface area contributed by atoms with Gasteiger partial charge in [0.25, 0.3) is 0 Å². The van der Waals surface area contributed by atoms with Gasteiger partial charge in [0.1, 0.15) is 0 Å². The molecule has 3 nitrogen and oxygen atoms in total. The summed E-state index contributed by atoms with van der Waals surface area (Å²) < 4.78 is 0.993. The lowest BCUT2D eigenvalue weighted by atomic mass is 10.1. The minimum Gasteiger partial charge on any atom is -0.375 e. The Morgan fingerprint density at radius 2 is 2.36 bits per heavy atom. The van der Waals surface area contributed by atoms with E-state index in [4.69, 9.17) is 11.5 Å². The molecule has 11 heavy (non-hydrogen) atoms. The van der Waals surface area contributed by atoms with Crippen LogP contribution in [0.3, 0.4) is 0 Å². The highest BCUT2D eigenvalue weighted by Crippen LogP contribution is 2.30. The monoisotopic (exact) mass is 235 g/mol. The van der Waals surface area contributed by atoms with Gasteiger partial charge in [-0.05, 0) is 15.9 Å². The van der Waals surface area contributed by atoms with Crippen LogP contribution in [0.1, 0.15) is 18.5 Å². The molecule has 1 rings (SSSR count). The van der Waals surface area contributed by atoms with Crippen LogP contribution < -0.4 is 11.5 Å². The van der Waals surface area contributed by atoms with E-state index in [1.807, 2.05) is 6.92 Å². The molecule has 0 aliphatic rings. The molecule has 1 aromatic rings. The number of thiazole rings is 1. The molecule has 5 heteroatoms. The predicted octanol–water partition coefficient (Wildman–Crippen LogP) is 1.55. The molecule has 0 spiro atoms. The summed E-state index contributed by atoms with van der Waals surface area (Å²) >= 11 is 4.82. The Kier molecular flexibility index (Phi) is 2.86. The van der Waals surface area contributed by atoms with E-state index in [0.717, 1.165) is 9.48 Å². The first-order chi connectivity index (χ1) is 5.15. The van der Waals surface area contributed by atoms with E-state index < -0.39 is 0 Å². The normalized spacial score (nSPS) is 13.4. The third-order valence-electron chi connectivity index (χ3n) is 1.45.